The number of halogens is 5. The molecule has 0 saturated carbocycles. The highest BCUT2D eigenvalue weighted by molar-refractivity contribution is 14.2. The van der Waals surface area contributed by atoms with Crippen LogP contribution in [0.3, 0.4) is 0 Å². The Kier molecular flexibility index (Phi) is 3.04. The lowest BCUT2D eigenvalue weighted by molar-refractivity contribution is -0.0570. The van der Waals surface area contributed by atoms with Gasteiger partial charge in [0.25, 0.3) is 0 Å². The first-order valence-corrected chi connectivity index (χ1v) is 6.72. The van der Waals surface area contributed by atoms with Gasteiger partial charge in [0.15, 0.2) is 3.63 Å². The van der Waals surface area contributed by atoms with Crippen molar-refractivity contribution in [1.82, 2.24) is 0 Å². The van der Waals surface area contributed by atoms with Gasteiger partial charge in [0.1, 0.15) is 11.5 Å². The van der Waals surface area contributed by atoms with E-state index in [2.05, 4.69) is 0 Å². The van der Waals surface area contributed by atoms with E-state index in [-0.39, 0.29) is 11.4 Å². The van der Waals surface area contributed by atoms with E-state index in [0.717, 1.165) is 4.90 Å². The zero-order valence-corrected chi connectivity index (χ0v) is 11.2. The summed E-state index contributed by atoms with van der Waals surface area (Å²) in [4.78, 5) is 1.05. The molecular formula is C10H9F4IN2. The predicted molar refractivity (Wildman–Crippen MR) is 68.3 cm³/mol. The van der Waals surface area contributed by atoms with Gasteiger partial charge >= 0.3 is 6.18 Å². The van der Waals surface area contributed by atoms with Gasteiger partial charge in [-0.3, -0.25) is 0 Å². The fraction of sp³-hybridized carbons (Fsp3) is 0.300. The lowest BCUT2D eigenvalue weighted by Crippen LogP contribution is -2.41. The van der Waals surface area contributed by atoms with E-state index >= 15 is 0 Å². The van der Waals surface area contributed by atoms with Crippen molar-refractivity contribution < 1.29 is 17.6 Å². The summed E-state index contributed by atoms with van der Waals surface area (Å²) in [5.41, 5.74) is 0.501. The summed E-state index contributed by atoms with van der Waals surface area (Å²) in [5.74, 6) is -0.488. The number of nitrogens with zero attached hydrogens (tertiary/aromatic N) is 2. The molecule has 1 aromatic carbocycles. The van der Waals surface area contributed by atoms with Crippen LogP contribution in [0.5, 0.6) is 0 Å². The monoisotopic (exact) mass is 360 g/mol. The second-order valence-corrected chi connectivity index (χ2v) is 6.47. The largest absolute Gasteiger partial charge is 0.438 e. The van der Waals surface area contributed by atoms with Crippen LogP contribution in [0.25, 0.3) is 0 Å². The van der Waals surface area contributed by atoms with E-state index in [0.29, 0.717) is 0 Å². The van der Waals surface area contributed by atoms with E-state index in [1.54, 1.807) is 0 Å². The van der Waals surface area contributed by atoms with Crippen molar-refractivity contribution >= 4 is 36.0 Å². The summed E-state index contributed by atoms with van der Waals surface area (Å²) in [6, 6.07) is 4.16. The second kappa shape index (κ2) is 4.11. The average Bonchev–Trinajstić information content (AvgIpc) is 2.21. The minimum atomic E-state index is -4.36. The number of hydrogen-bond donors (Lipinski definition) is 0. The smallest absolute Gasteiger partial charge is 0.333 e. The Labute approximate surface area is 106 Å². The summed E-state index contributed by atoms with van der Waals surface area (Å²) < 4.78 is 52.7. The van der Waals surface area contributed by atoms with E-state index in [1.165, 1.54) is 35.4 Å². The predicted octanol–water partition coefficient (Wildman–Crippen LogP) is 3.29. The average molecular weight is 360 g/mol. The standard InChI is InChI=1S/C10H9F4IN2/c1-16-7-5-3-4-6(11)8(7)17(2)15-9(16)10(12,13)14/h3-5H,1-2H3. The molecule has 0 unspecified atom stereocenters. The van der Waals surface area contributed by atoms with Crippen molar-refractivity contribution in [3.05, 3.63) is 24.0 Å². The van der Waals surface area contributed by atoms with Gasteiger partial charge < -0.3 is 8.01 Å². The van der Waals surface area contributed by atoms with Gasteiger partial charge in [-0.25, -0.2) is 4.39 Å². The van der Waals surface area contributed by atoms with Crippen LogP contribution in [0, 0.1) is 5.82 Å². The third kappa shape index (κ3) is 2.12. The van der Waals surface area contributed by atoms with Gasteiger partial charge in [0, 0.05) is 35.1 Å². The Hall–Kier alpha value is -0.860. The summed E-state index contributed by atoms with van der Waals surface area (Å²) in [6.07, 6.45) is -4.36. The van der Waals surface area contributed by atoms with Crippen molar-refractivity contribution in [2.24, 2.45) is 0 Å². The number of benzene rings is 1. The lowest BCUT2D eigenvalue weighted by atomic mass is 10.2. The quantitative estimate of drug-likeness (QED) is 0.398. The van der Waals surface area contributed by atoms with Gasteiger partial charge in [0.2, 0.25) is 0 Å². The summed E-state index contributed by atoms with van der Waals surface area (Å²) in [5, 5.41) is 0. The van der Waals surface area contributed by atoms with Crippen molar-refractivity contribution in [3.63, 3.8) is 0 Å². The maximum Gasteiger partial charge on any atom is 0.438 e. The maximum absolute atomic E-state index is 13.6. The molecule has 1 heterocycles. The van der Waals surface area contributed by atoms with E-state index in [1.807, 2.05) is 0 Å². The molecule has 0 saturated heterocycles. The third-order valence-corrected chi connectivity index (χ3v) is 5.37. The fourth-order valence-electron chi connectivity index (χ4n) is 1.64. The fourth-order valence-corrected chi connectivity index (χ4v) is 3.90. The summed E-state index contributed by atoms with van der Waals surface area (Å²) in [7, 11) is 2.82. The lowest BCUT2D eigenvalue weighted by Gasteiger charge is -2.33. The van der Waals surface area contributed by atoms with E-state index < -0.39 is 36.6 Å². The van der Waals surface area contributed by atoms with E-state index in [9.17, 15) is 17.6 Å². The minimum absolute atomic E-state index is 0.246. The van der Waals surface area contributed by atoms with Crippen LogP contribution in [-0.2, 0) is 0 Å². The van der Waals surface area contributed by atoms with Crippen molar-refractivity contribution in [2.45, 2.75) is 6.18 Å². The molecule has 94 valence electrons. The first-order valence-electron chi connectivity index (χ1n) is 4.67. The maximum atomic E-state index is 13.6. The number of alkyl halides is 3. The number of hydrogen-bond acceptors (Lipinski definition) is 2. The number of para-hydroxylation sites is 1. The van der Waals surface area contributed by atoms with Crippen LogP contribution in [0.2, 0.25) is 0 Å². The summed E-state index contributed by atoms with van der Waals surface area (Å²) >= 11 is -1.44. The summed E-state index contributed by atoms with van der Waals surface area (Å²) in [6.45, 7) is 0. The minimum Gasteiger partial charge on any atom is -0.333 e. The number of anilines is 2. The molecule has 0 amide bonds. The van der Waals surface area contributed by atoms with Crippen LogP contribution in [0.15, 0.2) is 18.2 Å². The van der Waals surface area contributed by atoms with Crippen molar-refractivity contribution in [2.75, 3.05) is 22.1 Å². The zero-order valence-electron chi connectivity index (χ0n) is 9.02. The molecule has 0 atom stereocenters. The number of rotatable bonds is 0. The van der Waals surface area contributed by atoms with Gasteiger partial charge in [-0.1, -0.05) is 6.07 Å². The van der Waals surface area contributed by atoms with Gasteiger partial charge in [0.05, 0.1) is 5.69 Å². The SMILES string of the molecule is CN1I=C(C(F)(F)F)N(C)c2cccc(F)c21. The van der Waals surface area contributed by atoms with Crippen molar-refractivity contribution in [1.29, 1.82) is 0 Å². The van der Waals surface area contributed by atoms with Gasteiger partial charge in [-0.05, 0) is 12.1 Å². The molecule has 0 spiro atoms. The third-order valence-electron chi connectivity index (χ3n) is 2.37. The highest BCUT2D eigenvalue weighted by Crippen LogP contribution is 2.42. The molecule has 1 aromatic rings. The Morgan fingerprint density at radius 1 is 1.18 bits per heavy atom. The second-order valence-electron chi connectivity index (χ2n) is 3.52. The molecule has 0 N–H and O–H groups in total. The zero-order chi connectivity index (χ0) is 12.8. The Balaban J connectivity index is 2.57. The number of fused-ring (bicyclic) bond motifs is 1. The Morgan fingerprint density at radius 2 is 1.82 bits per heavy atom. The van der Waals surface area contributed by atoms with Gasteiger partial charge in [-0.2, -0.15) is 13.2 Å². The highest BCUT2D eigenvalue weighted by Gasteiger charge is 2.41. The molecular weight excluding hydrogens is 351 g/mol. The highest BCUT2D eigenvalue weighted by atomic mass is 127. The normalized spacial score (nSPS) is 16.2. The van der Waals surface area contributed by atoms with Crippen LogP contribution in [0.4, 0.5) is 28.9 Å². The van der Waals surface area contributed by atoms with E-state index in [4.69, 9.17) is 0 Å². The van der Waals surface area contributed by atoms with Crippen LogP contribution in [-0.4, -0.2) is 23.9 Å². The first-order chi connectivity index (χ1) is 7.82. The van der Waals surface area contributed by atoms with Crippen molar-refractivity contribution in [3.8, 4) is 0 Å². The molecule has 0 radical (unpaired) electrons. The van der Waals surface area contributed by atoms with Gasteiger partial charge in [-0.15, -0.1) is 0 Å². The molecule has 0 bridgehead atoms. The van der Waals surface area contributed by atoms with Crippen LogP contribution in [0.1, 0.15) is 0 Å². The molecule has 7 heteroatoms. The molecule has 1 aliphatic heterocycles. The molecule has 0 fully saturated rings. The molecule has 17 heavy (non-hydrogen) atoms. The molecule has 1 aliphatic rings. The molecule has 2 nitrogen and oxygen atoms in total. The topological polar surface area (TPSA) is 6.48 Å². The molecule has 0 aliphatic carbocycles. The molecule has 0 aromatic heterocycles. The molecule has 2 rings (SSSR count). The van der Waals surface area contributed by atoms with Crippen LogP contribution < -0.4 is 8.01 Å². The Bertz CT molecular complexity index is 484. The van der Waals surface area contributed by atoms with Crippen LogP contribution >= 0.6 is 21.0 Å². The first kappa shape index (κ1) is 12.6. The Morgan fingerprint density at radius 3 is 2.41 bits per heavy atom.